The molecule has 0 aliphatic rings. The molecule has 0 aliphatic heterocycles. The number of rotatable bonds is 9. The van der Waals surface area contributed by atoms with Crippen LogP contribution in [0.5, 0.6) is 0 Å². The van der Waals surface area contributed by atoms with Crippen molar-refractivity contribution in [1.29, 1.82) is 0 Å². The fraction of sp³-hybridized carbons (Fsp3) is 0.217. The molecule has 6 nitrogen and oxygen atoms in total. The molecule has 1 aromatic heterocycles. The van der Waals surface area contributed by atoms with Gasteiger partial charge in [-0.1, -0.05) is 60.1 Å². The number of carbonyl (C=O) groups is 1. The lowest BCUT2D eigenvalue weighted by atomic mass is 10.2. The number of hydrogen-bond acceptors (Lipinski definition) is 4. The summed E-state index contributed by atoms with van der Waals surface area (Å²) in [4.78, 5) is 29.7. The maximum absolute atomic E-state index is 12.4. The van der Waals surface area contributed by atoms with Crippen LogP contribution in [0.1, 0.15) is 27.2 Å². The van der Waals surface area contributed by atoms with Gasteiger partial charge in [0.1, 0.15) is 5.56 Å². The number of H-pyrrole nitrogens is 1. The molecule has 0 bridgehead atoms. The molecule has 0 unspecified atom stereocenters. The lowest BCUT2D eigenvalue weighted by Gasteiger charge is -2.21. The van der Waals surface area contributed by atoms with Gasteiger partial charge in [0.15, 0.2) is 0 Å². The zero-order chi connectivity index (χ0) is 21.3. The number of benzene rings is 2. The summed E-state index contributed by atoms with van der Waals surface area (Å²) in [5.74, 6) is -0.459. The Morgan fingerprint density at radius 2 is 1.73 bits per heavy atom. The summed E-state index contributed by atoms with van der Waals surface area (Å²) in [6, 6.07) is 20.4. The Morgan fingerprint density at radius 1 is 1.00 bits per heavy atom. The van der Waals surface area contributed by atoms with Crippen molar-refractivity contribution in [3.8, 4) is 0 Å². The Hall–Kier alpha value is -2.93. The highest BCUT2D eigenvalue weighted by Crippen LogP contribution is 2.14. The highest BCUT2D eigenvalue weighted by atomic mass is 35.5. The predicted molar refractivity (Wildman–Crippen MR) is 117 cm³/mol. The molecule has 3 aromatic rings. The van der Waals surface area contributed by atoms with Gasteiger partial charge in [0.25, 0.3) is 11.5 Å². The largest absolute Gasteiger partial charge is 0.395 e. The highest BCUT2D eigenvalue weighted by molar-refractivity contribution is 6.31. The first-order valence-corrected chi connectivity index (χ1v) is 10.1. The van der Waals surface area contributed by atoms with Crippen LogP contribution in [-0.2, 0) is 19.6 Å². The maximum Gasteiger partial charge on any atom is 0.261 e. The zero-order valence-corrected chi connectivity index (χ0v) is 17.2. The topological polar surface area (TPSA) is 85.4 Å². The van der Waals surface area contributed by atoms with Crippen LogP contribution in [-0.4, -0.2) is 34.0 Å². The minimum Gasteiger partial charge on any atom is -0.395 e. The van der Waals surface area contributed by atoms with Crippen LogP contribution in [0.15, 0.2) is 71.5 Å². The minimum atomic E-state index is -0.459. The van der Waals surface area contributed by atoms with E-state index in [0.29, 0.717) is 30.4 Å². The molecule has 0 radical (unpaired) electrons. The summed E-state index contributed by atoms with van der Waals surface area (Å²) in [6.07, 6.45) is 0. The molecule has 3 N–H and O–H groups in total. The molecule has 30 heavy (non-hydrogen) atoms. The number of nitrogens with zero attached hydrogens (tertiary/aromatic N) is 1. The van der Waals surface area contributed by atoms with Crippen LogP contribution >= 0.6 is 11.6 Å². The molecule has 0 saturated heterocycles. The molecular weight excluding hydrogens is 402 g/mol. The van der Waals surface area contributed by atoms with E-state index in [-0.39, 0.29) is 18.7 Å². The van der Waals surface area contributed by atoms with Gasteiger partial charge in [0, 0.05) is 36.9 Å². The van der Waals surface area contributed by atoms with Crippen molar-refractivity contribution in [2.75, 3.05) is 13.2 Å². The van der Waals surface area contributed by atoms with E-state index in [9.17, 15) is 14.7 Å². The second-order valence-corrected chi connectivity index (χ2v) is 7.33. The number of amides is 1. The van der Waals surface area contributed by atoms with E-state index in [1.807, 2.05) is 53.4 Å². The van der Waals surface area contributed by atoms with E-state index < -0.39 is 11.5 Å². The summed E-state index contributed by atoms with van der Waals surface area (Å²) in [7, 11) is 0. The number of hydrogen-bond donors (Lipinski definition) is 3. The van der Waals surface area contributed by atoms with E-state index >= 15 is 0 Å². The van der Waals surface area contributed by atoms with Crippen LogP contribution in [0.25, 0.3) is 0 Å². The Morgan fingerprint density at radius 3 is 2.43 bits per heavy atom. The van der Waals surface area contributed by atoms with Crippen molar-refractivity contribution in [3.05, 3.63) is 104 Å². The van der Waals surface area contributed by atoms with Gasteiger partial charge in [-0.2, -0.15) is 0 Å². The number of nitrogens with one attached hydrogen (secondary N) is 2. The van der Waals surface area contributed by atoms with Gasteiger partial charge in [-0.15, -0.1) is 0 Å². The Bertz CT molecular complexity index is 1040. The first-order chi connectivity index (χ1) is 14.6. The van der Waals surface area contributed by atoms with E-state index in [4.69, 9.17) is 11.6 Å². The fourth-order valence-corrected chi connectivity index (χ4v) is 3.34. The molecule has 156 valence electrons. The number of pyridine rings is 1. The van der Waals surface area contributed by atoms with Crippen LogP contribution in [0.4, 0.5) is 0 Å². The molecule has 1 amide bonds. The molecule has 7 heteroatoms. The van der Waals surface area contributed by atoms with Crippen LogP contribution in [0, 0.1) is 0 Å². The van der Waals surface area contributed by atoms with Gasteiger partial charge >= 0.3 is 0 Å². The fourth-order valence-electron chi connectivity index (χ4n) is 3.14. The van der Waals surface area contributed by atoms with Gasteiger partial charge in [0.2, 0.25) is 0 Å². The van der Waals surface area contributed by atoms with Gasteiger partial charge in [-0.25, -0.2) is 0 Å². The standard InChI is InChI=1S/C23H24ClN3O3/c24-21-9-5-4-8-18(21)14-25-22(29)20-11-10-19(26-23(20)30)16-27(12-13-28)15-17-6-2-1-3-7-17/h1-11,28H,12-16H2,(H,25,29)(H,26,30). The van der Waals surface area contributed by atoms with Crippen molar-refractivity contribution in [1.82, 2.24) is 15.2 Å². The average Bonchev–Trinajstić information content (AvgIpc) is 2.74. The smallest absolute Gasteiger partial charge is 0.261 e. The van der Waals surface area contributed by atoms with Crippen molar-refractivity contribution in [2.45, 2.75) is 19.6 Å². The average molecular weight is 426 g/mol. The molecule has 3 rings (SSSR count). The summed E-state index contributed by atoms with van der Waals surface area (Å²) >= 11 is 6.10. The first-order valence-electron chi connectivity index (χ1n) is 9.68. The van der Waals surface area contributed by atoms with Crippen LogP contribution < -0.4 is 10.9 Å². The Balaban J connectivity index is 1.65. The van der Waals surface area contributed by atoms with E-state index in [0.717, 1.165) is 11.1 Å². The second-order valence-electron chi connectivity index (χ2n) is 6.92. The van der Waals surface area contributed by atoms with Crippen molar-refractivity contribution >= 4 is 17.5 Å². The minimum absolute atomic E-state index is 0.0135. The summed E-state index contributed by atoms with van der Waals surface area (Å²) < 4.78 is 0. The maximum atomic E-state index is 12.4. The number of aliphatic hydroxyl groups is 1. The normalized spacial score (nSPS) is 10.9. The lowest BCUT2D eigenvalue weighted by molar-refractivity contribution is 0.0949. The lowest BCUT2D eigenvalue weighted by Crippen LogP contribution is -2.31. The molecule has 1 heterocycles. The molecule has 0 aliphatic carbocycles. The van der Waals surface area contributed by atoms with Crippen molar-refractivity contribution < 1.29 is 9.90 Å². The highest BCUT2D eigenvalue weighted by Gasteiger charge is 2.13. The molecule has 0 fully saturated rings. The van der Waals surface area contributed by atoms with Gasteiger partial charge < -0.3 is 15.4 Å². The van der Waals surface area contributed by atoms with E-state index in [1.54, 1.807) is 12.1 Å². The molecular formula is C23H24ClN3O3. The third-order valence-electron chi connectivity index (χ3n) is 4.67. The third kappa shape index (κ3) is 6.03. The molecule has 2 aromatic carbocycles. The molecule has 0 spiro atoms. The third-order valence-corrected chi connectivity index (χ3v) is 5.04. The zero-order valence-electron chi connectivity index (χ0n) is 16.5. The van der Waals surface area contributed by atoms with Gasteiger partial charge in [-0.3, -0.25) is 14.5 Å². The quantitative estimate of drug-likeness (QED) is 0.492. The Kier molecular flexibility index (Phi) is 7.79. The summed E-state index contributed by atoms with van der Waals surface area (Å²) in [5, 5.41) is 12.6. The molecule has 0 atom stereocenters. The van der Waals surface area contributed by atoms with Gasteiger partial charge in [0.05, 0.1) is 6.61 Å². The first kappa shape index (κ1) is 21.8. The van der Waals surface area contributed by atoms with Crippen molar-refractivity contribution in [2.24, 2.45) is 0 Å². The number of carbonyl (C=O) groups excluding carboxylic acids is 1. The SMILES string of the molecule is O=C(NCc1ccccc1Cl)c1ccc(CN(CCO)Cc2ccccc2)[nH]c1=O. The second kappa shape index (κ2) is 10.7. The van der Waals surface area contributed by atoms with Crippen LogP contribution in [0.3, 0.4) is 0 Å². The van der Waals surface area contributed by atoms with Gasteiger partial charge in [-0.05, 0) is 29.3 Å². The van der Waals surface area contributed by atoms with Crippen LogP contribution in [0.2, 0.25) is 5.02 Å². The summed E-state index contributed by atoms with van der Waals surface area (Å²) in [5.41, 5.74) is 2.16. The molecule has 0 saturated carbocycles. The van der Waals surface area contributed by atoms with E-state index in [1.165, 1.54) is 6.07 Å². The number of aromatic amines is 1. The Labute approximate surface area is 180 Å². The van der Waals surface area contributed by atoms with E-state index in [2.05, 4.69) is 10.3 Å². The number of aromatic nitrogens is 1. The number of halogens is 1. The monoisotopic (exact) mass is 425 g/mol. The summed E-state index contributed by atoms with van der Waals surface area (Å²) in [6.45, 7) is 1.81. The predicted octanol–water partition coefficient (Wildman–Crippen LogP) is 2.95. The van der Waals surface area contributed by atoms with Crippen molar-refractivity contribution in [3.63, 3.8) is 0 Å². The number of aliphatic hydroxyl groups excluding tert-OH is 1.